The molecule has 1 aliphatic carbocycles. The van der Waals surface area contributed by atoms with E-state index in [0.717, 1.165) is 0 Å². The highest BCUT2D eigenvalue weighted by Crippen LogP contribution is 2.30. The standard InChI is InChI=1S/C13H16/c1-9(2)12-7-11-6-4-5-10(3)13(11)8-12/h4-7,9H,8H2,1-3H3. The molecule has 0 aliphatic heterocycles. The van der Waals surface area contributed by atoms with Crippen LogP contribution in [0.5, 0.6) is 0 Å². The molecule has 0 saturated heterocycles. The maximum Gasteiger partial charge on any atom is -0.00526 e. The van der Waals surface area contributed by atoms with Crippen LogP contribution in [0.25, 0.3) is 6.08 Å². The van der Waals surface area contributed by atoms with E-state index in [4.69, 9.17) is 0 Å². The van der Waals surface area contributed by atoms with Crippen molar-refractivity contribution in [3.8, 4) is 0 Å². The van der Waals surface area contributed by atoms with Crippen molar-refractivity contribution in [3.63, 3.8) is 0 Å². The molecular weight excluding hydrogens is 156 g/mol. The first-order chi connectivity index (χ1) is 6.18. The summed E-state index contributed by atoms with van der Waals surface area (Å²) in [5.41, 5.74) is 5.98. The fourth-order valence-electron chi connectivity index (χ4n) is 1.93. The van der Waals surface area contributed by atoms with E-state index in [2.05, 4.69) is 45.0 Å². The minimum atomic E-state index is 0.687. The molecule has 0 heterocycles. The zero-order chi connectivity index (χ0) is 9.42. The van der Waals surface area contributed by atoms with Gasteiger partial charge in [-0.1, -0.05) is 43.7 Å². The van der Waals surface area contributed by atoms with E-state index in [1.165, 1.54) is 23.1 Å². The van der Waals surface area contributed by atoms with Crippen LogP contribution >= 0.6 is 0 Å². The van der Waals surface area contributed by atoms with Gasteiger partial charge in [-0.25, -0.2) is 0 Å². The lowest BCUT2D eigenvalue weighted by Gasteiger charge is -2.06. The number of hydrogen-bond acceptors (Lipinski definition) is 0. The summed E-state index contributed by atoms with van der Waals surface area (Å²) in [6.07, 6.45) is 3.52. The van der Waals surface area contributed by atoms with E-state index in [1.807, 2.05) is 0 Å². The third-order valence-electron chi connectivity index (χ3n) is 2.91. The van der Waals surface area contributed by atoms with Crippen LogP contribution in [-0.4, -0.2) is 0 Å². The van der Waals surface area contributed by atoms with Gasteiger partial charge < -0.3 is 0 Å². The Morgan fingerprint density at radius 3 is 2.62 bits per heavy atom. The van der Waals surface area contributed by atoms with Gasteiger partial charge in [0.1, 0.15) is 0 Å². The molecule has 2 rings (SSSR count). The van der Waals surface area contributed by atoms with E-state index in [-0.39, 0.29) is 0 Å². The first kappa shape index (κ1) is 8.55. The molecule has 0 saturated carbocycles. The van der Waals surface area contributed by atoms with Crippen molar-refractivity contribution in [2.24, 2.45) is 5.92 Å². The number of fused-ring (bicyclic) bond motifs is 1. The van der Waals surface area contributed by atoms with Crippen LogP contribution in [0.15, 0.2) is 23.8 Å². The average Bonchev–Trinajstić information content (AvgIpc) is 2.49. The molecule has 13 heavy (non-hydrogen) atoms. The summed E-state index contributed by atoms with van der Waals surface area (Å²) < 4.78 is 0. The lowest BCUT2D eigenvalue weighted by molar-refractivity contribution is 0.754. The first-order valence-electron chi connectivity index (χ1n) is 4.97. The molecule has 0 nitrogen and oxygen atoms in total. The Hall–Kier alpha value is -1.04. The summed E-state index contributed by atoms with van der Waals surface area (Å²) in [4.78, 5) is 0. The number of aryl methyl sites for hydroxylation is 1. The quantitative estimate of drug-likeness (QED) is 0.607. The summed E-state index contributed by atoms with van der Waals surface area (Å²) in [7, 11) is 0. The number of allylic oxidation sites excluding steroid dienone is 1. The Bertz CT molecular complexity index is 356. The molecule has 0 spiro atoms. The molecule has 0 radical (unpaired) electrons. The van der Waals surface area contributed by atoms with Gasteiger partial charge in [-0.2, -0.15) is 0 Å². The summed E-state index contributed by atoms with van der Waals surface area (Å²) in [5.74, 6) is 0.687. The lowest BCUT2D eigenvalue weighted by Crippen LogP contribution is -1.94. The van der Waals surface area contributed by atoms with Gasteiger partial charge in [-0.15, -0.1) is 0 Å². The van der Waals surface area contributed by atoms with Gasteiger partial charge >= 0.3 is 0 Å². The van der Waals surface area contributed by atoms with Crippen LogP contribution in [0, 0.1) is 12.8 Å². The largest absolute Gasteiger partial charge is 0.0626 e. The Morgan fingerprint density at radius 2 is 2.00 bits per heavy atom. The monoisotopic (exact) mass is 172 g/mol. The molecular formula is C13H16. The van der Waals surface area contributed by atoms with Crippen molar-refractivity contribution < 1.29 is 0 Å². The Balaban J connectivity index is 2.41. The predicted molar refractivity (Wildman–Crippen MR) is 57.7 cm³/mol. The molecule has 0 N–H and O–H groups in total. The maximum absolute atomic E-state index is 2.35. The van der Waals surface area contributed by atoms with Crippen LogP contribution in [-0.2, 0) is 6.42 Å². The average molecular weight is 172 g/mol. The third-order valence-corrected chi connectivity index (χ3v) is 2.91. The van der Waals surface area contributed by atoms with Crippen LogP contribution in [0.4, 0.5) is 0 Å². The molecule has 0 aromatic heterocycles. The van der Waals surface area contributed by atoms with Gasteiger partial charge in [-0.3, -0.25) is 0 Å². The summed E-state index contributed by atoms with van der Waals surface area (Å²) in [6.45, 7) is 6.75. The molecule has 0 bridgehead atoms. The Morgan fingerprint density at radius 1 is 1.23 bits per heavy atom. The number of rotatable bonds is 1. The van der Waals surface area contributed by atoms with Crippen molar-refractivity contribution in [2.75, 3.05) is 0 Å². The SMILES string of the molecule is Cc1cccc2c1CC(C(C)C)=C2. The van der Waals surface area contributed by atoms with Crippen molar-refractivity contribution in [1.82, 2.24) is 0 Å². The van der Waals surface area contributed by atoms with Crippen molar-refractivity contribution >= 4 is 6.08 Å². The minimum absolute atomic E-state index is 0.687. The zero-order valence-corrected chi connectivity index (χ0v) is 8.59. The van der Waals surface area contributed by atoms with Crippen LogP contribution in [0.2, 0.25) is 0 Å². The topological polar surface area (TPSA) is 0 Å². The van der Waals surface area contributed by atoms with E-state index in [9.17, 15) is 0 Å². The van der Waals surface area contributed by atoms with Gasteiger partial charge in [0.2, 0.25) is 0 Å². The summed E-state index contributed by atoms with van der Waals surface area (Å²) in [5, 5.41) is 0. The van der Waals surface area contributed by atoms with Gasteiger partial charge in [0, 0.05) is 0 Å². The second-order valence-corrected chi connectivity index (χ2v) is 4.19. The van der Waals surface area contributed by atoms with Crippen molar-refractivity contribution in [1.29, 1.82) is 0 Å². The second-order valence-electron chi connectivity index (χ2n) is 4.19. The molecule has 1 aromatic rings. The minimum Gasteiger partial charge on any atom is -0.0626 e. The fraction of sp³-hybridized carbons (Fsp3) is 0.385. The molecule has 0 atom stereocenters. The van der Waals surface area contributed by atoms with Crippen molar-refractivity contribution in [2.45, 2.75) is 27.2 Å². The second kappa shape index (κ2) is 3.02. The van der Waals surface area contributed by atoms with Gasteiger partial charge in [-0.05, 0) is 36.0 Å². The fourth-order valence-corrected chi connectivity index (χ4v) is 1.93. The van der Waals surface area contributed by atoms with E-state index in [1.54, 1.807) is 5.57 Å². The van der Waals surface area contributed by atoms with Crippen LogP contribution < -0.4 is 0 Å². The molecule has 1 aliphatic rings. The smallest absolute Gasteiger partial charge is 0.00526 e. The molecule has 0 amide bonds. The van der Waals surface area contributed by atoms with E-state index in [0.29, 0.717) is 5.92 Å². The number of hydrogen-bond donors (Lipinski definition) is 0. The third kappa shape index (κ3) is 1.41. The number of benzene rings is 1. The van der Waals surface area contributed by atoms with Gasteiger partial charge in [0.05, 0.1) is 0 Å². The zero-order valence-electron chi connectivity index (χ0n) is 8.59. The molecule has 0 heteroatoms. The highest BCUT2D eigenvalue weighted by atomic mass is 14.2. The van der Waals surface area contributed by atoms with Crippen molar-refractivity contribution in [3.05, 3.63) is 40.5 Å². The van der Waals surface area contributed by atoms with Crippen LogP contribution in [0.1, 0.15) is 30.5 Å². The first-order valence-corrected chi connectivity index (χ1v) is 4.97. The normalized spacial score (nSPS) is 14.6. The summed E-state index contributed by atoms with van der Waals surface area (Å²) >= 11 is 0. The highest BCUT2D eigenvalue weighted by molar-refractivity contribution is 5.65. The molecule has 1 aromatic carbocycles. The van der Waals surface area contributed by atoms with Gasteiger partial charge in [0.25, 0.3) is 0 Å². The predicted octanol–water partition coefficient (Wildman–Crippen LogP) is 3.59. The highest BCUT2D eigenvalue weighted by Gasteiger charge is 2.15. The summed E-state index contributed by atoms with van der Waals surface area (Å²) in [6, 6.07) is 6.57. The van der Waals surface area contributed by atoms with E-state index >= 15 is 0 Å². The Kier molecular flexibility index (Phi) is 1.99. The molecule has 0 fully saturated rings. The molecule has 0 unspecified atom stereocenters. The molecule has 68 valence electrons. The van der Waals surface area contributed by atoms with E-state index < -0.39 is 0 Å². The maximum atomic E-state index is 2.35. The Labute approximate surface area is 80.3 Å². The lowest BCUT2D eigenvalue weighted by atomic mass is 9.99. The van der Waals surface area contributed by atoms with Gasteiger partial charge in [0.15, 0.2) is 0 Å². The van der Waals surface area contributed by atoms with Crippen LogP contribution in [0.3, 0.4) is 0 Å².